The topological polar surface area (TPSA) is 58.2 Å². The normalized spacial score (nSPS) is 28.4. The number of nitrogens with one attached hydrogen (secondary N) is 2. The first-order valence-corrected chi connectivity index (χ1v) is 10.0. The van der Waals surface area contributed by atoms with E-state index in [1.54, 1.807) is 17.4 Å². The van der Waals surface area contributed by atoms with E-state index in [4.69, 9.17) is 0 Å². The highest BCUT2D eigenvalue weighted by Crippen LogP contribution is 2.48. The zero-order chi connectivity index (χ0) is 15.0. The number of sulfonamides is 1. The maximum atomic E-state index is 12.5. The molecule has 0 aromatic carbocycles. The molecule has 3 rings (SSSR count). The summed E-state index contributed by atoms with van der Waals surface area (Å²) in [6, 6.07) is 1.81. The van der Waals surface area contributed by atoms with Gasteiger partial charge in [0.1, 0.15) is 0 Å². The highest BCUT2D eigenvalue weighted by Gasteiger charge is 2.39. The van der Waals surface area contributed by atoms with Crippen LogP contribution in [0.2, 0.25) is 0 Å². The Labute approximate surface area is 131 Å². The van der Waals surface area contributed by atoms with E-state index in [0.29, 0.717) is 23.9 Å². The molecule has 4 nitrogen and oxygen atoms in total. The molecule has 1 aromatic heterocycles. The molecule has 1 heterocycles. The summed E-state index contributed by atoms with van der Waals surface area (Å²) in [5, 5.41) is 3.07. The largest absolute Gasteiger partial charge is 0.315 e. The predicted octanol–water partition coefficient (Wildman–Crippen LogP) is 2.49. The van der Waals surface area contributed by atoms with Gasteiger partial charge in [-0.05, 0) is 57.1 Å². The minimum Gasteiger partial charge on any atom is -0.315 e. The number of fused-ring (bicyclic) bond motifs is 2. The summed E-state index contributed by atoms with van der Waals surface area (Å²) in [7, 11) is -1.49. The Morgan fingerprint density at radius 3 is 2.76 bits per heavy atom. The molecule has 3 unspecified atom stereocenters. The lowest BCUT2D eigenvalue weighted by molar-refractivity contribution is 0.333. The van der Waals surface area contributed by atoms with Crippen molar-refractivity contribution in [3.8, 4) is 0 Å². The molecule has 2 saturated carbocycles. The van der Waals surface area contributed by atoms with Crippen LogP contribution in [0.3, 0.4) is 0 Å². The van der Waals surface area contributed by atoms with Crippen molar-refractivity contribution in [3.63, 3.8) is 0 Å². The molecule has 0 aliphatic heterocycles. The van der Waals surface area contributed by atoms with Crippen molar-refractivity contribution < 1.29 is 8.42 Å². The fraction of sp³-hybridized carbons (Fsp3) is 0.733. The maximum absolute atomic E-state index is 12.5. The van der Waals surface area contributed by atoms with Gasteiger partial charge in [-0.3, -0.25) is 0 Å². The van der Waals surface area contributed by atoms with Crippen LogP contribution in [0.1, 0.15) is 35.4 Å². The average Bonchev–Trinajstić information content (AvgIpc) is 3.12. The zero-order valence-corrected chi connectivity index (χ0v) is 14.3. The summed E-state index contributed by atoms with van der Waals surface area (Å²) in [4.78, 5) is 2.40. The van der Waals surface area contributed by atoms with Crippen LogP contribution in [0.5, 0.6) is 0 Å². The van der Waals surface area contributed by atoms with Crippen molar-refractivity contribution in [1.82, 2.24) is 10.0 Å². The van der Waals surface area contributed by atoms with E-state index in [9.17, 15) is 8.42 Å². The Kier molecular flexibility index (Phi) is 4.41. The molecule has 0 radical (unpaired) electrons. The highest BCUT2D eigenvalue weighted by molar-refractivity contribution is 7.89. The van der Waals surface area contributed by atoms with Crippen molar-refractivity contribution in [2.45, 2.75) is 44.0 Å². The van der Waals surface area contributed by atoms with Crippen molar-refractivity contribution in [2.75, 3.05) is 13.6 Å². The second-order valence-corrected chi connectivity index (χ2v) is 9.53. The molecule has 2 aliphatic carbocycles. The molecule has 2 bridgehead atoms. The molecule has 0 amide bonds. The van der Waals surface area contributed by atoms with Gasteiger partial charge in [-0.1, -0.05) is 6.42 Å². The van der Waals surface area contributed by atoms with Gasteiger partial charge in [0.15, 0.2) is 0 Å². The standard InChI is InChI=1S/C15H24N2O2S2/c1-10-15(7-14(20-10)9-16-2)21(18,19)17-8-13-6-11-3-4-12(13)5-11/h7,11-13,16-17H,3-6,8-9H2,1-2H3. The van der Waals surface area contributed by atoms with Crippen LogP contribution in [-0.4, -0.2) is 22.0 Å². The summed E-state index contributed by atoms with van der Waals surface area (Å²) in [6.07, 6.45) is 5.17. The third-order valence-corrected chi connectivity index (χ3v) is 7.71. The van der Waals surface area contributed by atoms with Gasteiger partial charge in [0.25, 0.3) is 0 Å². The molecule has 2 N–H and O–H groups in total. The van der Waals surface area contributed by atoms with Crippen molar-refractivity contribution >= 4 is 21.4 Å². The van der Waals surface area contributed by atoms with E-state index in [-0.39, 0.29) is 0 Å². The number of rotatable bonds is 6. The SMILES string of the molecule is CNCc1cc(S(=O)(=O)NCC2CC3CCC2C3)c(C)s1. The Morgan fingerprint density at radius 1 is 1.33 bits per heavy atom. The minimum atomic E-state index is -3.36. The third-order valence-electron chi connectivity index (χ3n) is 4.98. The second kappa shape index (κ2) is 5.99. The first-order valence-electron chi connectivity index (χ1n) is 7.73. The smallest absolute Gasteiger partial charge is 0.241 e. The van der Waals surface area contributed by atoms with Crippen molar-refractivity contribution in [3.05, 3.63) is 15.8 Å². The van der Waals surface area contributed by atoms with Crippen LogP contribution in [0.15, 0.2) is 11.0 Å². The van der Waals surface area contributed by atoms with E-state index in [1.165, 1.54) is 25.7 Å². The first kappa shape index (κ1) is 15.5. The van der Waals surface area contributed by atoms with Gasteiger partial charge >= 0.3 is 0 Å². The molecule has 1 aromatic rings. The van der Waals surface area contributed by atoms with E-state index < -0.39 is 10.0 Å². The molecule has 118 valence electrons. The minimum absolute atomic E-state index is 0.459. The molecular weight excluding hydrogens is 304 g/mol. The summed E-state index contributed by atoms with van der Waals surface area (Å²) >= 11 is 1.55. The number of hydrogen-bond donors (Lipinski definition) is 2. The highest BCUT2D eigenvalue weighted by atomic mass is 32.2. The van der Waals surface area contributed by atoms with Crippen LogP contribution in [0.4, 0.5) is 0 Å². The Morgan fingerprint density at radius 2 is 2.14 bits per heavy atom. The van der Waals surface area contributed by atoms with E-state index in [2.05, 4.69) is 10.0 Å². The van der Waals surface area contributed by atoms with Crippen LogP contribution in [-0.2, 0) is 16.6 Å². The Balaban J connectivity index is 1.66. The van der Waals surface area contributed by atoms with Crippen LogP contribution in [0.25, 0.3) is 0 Å². The molecule has 0 saturated heterocycles. The van der Waals surface area contributed by atoms with Crippen LogP contribution in [0, 0.1) is 24.7 Å². The van der Waals surface area contributed by atoms with E-state index in [1.807, 2.05) is 14.0 Å². The fourth-order valence-electron chi connectivity index (χ4n) is 3.97. The van der Waals surface area contributed by atoms with Crippen LogP contribution < -0.4 is 10.0 Å². The Bertz CT molecular complexity index is 609. The monoisotopic (exact) mass is 328 g/mol. The number of hydrogen-bond acceptors (Lipinski definition) is 4. The van der Waals surface area contributed by atoms with E-state index >= 15 is 0 Å². The molecule has 0 spiro atoms. The zero-order valence-electron chi connectivity index (χ0n) is 12.7. The summed E-state index contributed by atoms with van der Waals surface area (Å²) < 4.78 is 27.9. The molecule has 6 heteroatoms. The maximum Gasteiger partial charge on any atom is 0.241 e. The first-order chi connectivity index (χ1) is 9.99. The summed E-state index contributed by atoms with van der Waals surface area (Å²) in [5.41, 5.74) is 0. The molecule has 2 aliphatic rings. The molecule has 3 atom stereocenters. The predicted molar refractivity (Wildman–Crippen MR) is 85.9 cm³/mol. The van der Waals surface area contributed by atoms with Crippen molar-refractivity contribution in [2.24, 2.45) is 17.8 Å². The van der Waals surface area contributed by atoms with Gasteiger partial charge in [0.05, 0.1) is 4.90 Å². The summed E-state index contributed by atoms with van der Waals surface area (Å²) in [6.45, 7) is 3.21. The lowest BCUT2D eigenvalue weighted by Gasteiger charge is -2.21. The number of thiophene rings is 1. The van der Waals surface area contributed by atoms with Gasteiger partial charge in [-0.15, -0.1) is 11.3 Å². The quantitative estimate of drug-likeness (QED) is 0.843. The van der Waals surface area contributed by atoms with Gasteiger partial charge in [0, 0.05) is 22.8 Å². The lowest BCUT2D eigenvalue weighted by atomic mass is 9.89. The summed E-state index contributed by atoms with van der Waals surface area (Å²) in [5.74, 6) is 2.16. The van der Waals surface area contributed by atoms with Crippen LogP contribution >= 0.6 is 11.3 Å². The van der Waals surface area contributed by atoms with Gasteiger partial charge in [-0.2, -0.15) is 0 Å². The average molecular weight is 329 g/mol. The van der Waals surface area contributed by atoms with Gasteiger partial charge < -0.3 is 5.32 Å². The third kappa shape index (κ3) is 3.18. The van der Waals surface area contributed by atoms with Gasteiger partial charge in [-0.25, -0.2) is 13.1 Å². The molecule has 2 fully saturated rings. The fourth-order valence-corrected chi connectivity index (χ4v) is 6.71. The van der Waals surface area contributed by atoms with E-state index in [0.717, 1.165) is 21.6 Å². The molecule has 21 heavy (non-hydrogen) atoms. The second-order valence-electron chi connectivity index (χ2n) is 6.45. The number of aryl methyl sites for hydroxylation is 1. The Hall–Kier alpha value is -0.430. The van der Waals surface area contributed by atoms with Crippen molar-refractivity contribution in [1.29, 1.82) is 0 Å². The molecular formula is C15H24N2O2S2. The lowest BCUT2D eigenvalue weighted by Crippen LogP contribution is -2.31. The van der Waals surface area contributed by atoms with Gasteiger partial charge in [0.2, 0.25) is 10.0 Å².